The third-order valence-electron chi connectivity index (χ3n) is 4.61. The van der Waals surface area contributed by atoms with Crippen LogP contribution in [0.4, 0.5) is 14.6 Å². The Morgan fingerprint density at radius 3 is 2.64 bits per heavy atom. The highest BCUT2D eigenvalue weighted by Crippen LogP contribution is 2.35. The summed E-state index contributed by atoms with van der Waals surface area (Å²) < 4.78 is 29.8. The van der Waals surface area contributed by atoms with Gasteiger partial charge in [0.1, 0.15) is 5.82 Å². The molecule has 0 saturated heterocycles. The standard InChI is InChI=1S/C20H23F2N5O/c1-6-12(3)27-10-15(14-8-18(25-13(4)28)23-9-17(14)27)16-7-11(2)24-19(26-16)20(5,21)22/h7-10,12H,6H2,1-5H3,(H,23,25,28). The van der Waals surface area contributed by atoms with Gasteiger partial charge in [-0.05, 0) is 32.4 Å². The molecule has 1 N–H and O–H groups in total. The zero-order valence-electron chi connectivity index (χ0n) is 16.5. The number of nitrogens with zero attached hydrogens (tertiary/aromatic N) is 4. The molecule has 6 nitrogen and oxygen atoms in total. The van der Waals surface area contributed by atoms with Crippen molar-refractivity contribution >= 4 is 22.6 Å². The fourth-order valence-corrected chi connectivity index (χ4v) is 3.06. The van der Waals surface area contributed by atoms with E-state index in [4.69, 9.17) is 0 Å². The number of anilines is 1. The summed E-state index contributed by atoms with van der Waals surface area (Å²) in [5.74, 6) is -3.49. The number of fused-ring (bicyclic) bond motifs is 1. The van der Waals surface area contributed by atoms with Crippen LogP contribution in [0.15, 0.2) is 24.5 Å². The predicted octanol–water partition coefficient (Wildman–Crippen LogP) is 4.84. The number of pyridine rings is 1. The van der Waals surface area contributed by atoms with Gasteiger partial charge in [0, 0.05) is 42.7 Å². The first-order valence-corrected chi connectivity index (χ1v) is 9.12. The molecule has 0 saturated carbocycles. The fourth-order valence-electron chi connectivity index (χ4n) is 3.06. The van der Waals surface area contributed by atoms with Crippen LogP contribution >= 0.6 is 0 Å². The van der Waals surface area contributed by atoms with Gasteiger partial charge in [0.2, 0.25) is 5.91 Å². The van der Waals surface area contributed by atoms with Crippen LogP contribution in [0, 0.1) is 6.92 Å². The summed E-state index contributed by atoms with van der Waals surface area (Å²) >= 11 is 0. The number of carbonyl (C=O) groups is 1. The highest BCUT2D eigenvalue weighted by molar-refractivity contribution is 5.98. The first kappa shape index (κ1) is 19.9. The lowest BCUT2D eigenvalue weighted by Crippen LogP contribution is -2.13. The van der Waals surface area contributed by atoms with E-state index in [9.17, 15) is 13.6 Å². The van der Waals surface area contributed by atoms with Crippen LogP contribution in [0.3, 0.4) is 0 Å². The molecule has 0 spiro atoms. The number of hydrogen-bond donors (Lipinski definition) is 1. The van der Waals surface area contributed by atoms with Crippen LogP contribution in [-0.4, -0.2) is 25.4 Å². The number of carbonyl (C=O) groups excluding carboxylic acids is 1. The van der Waals surface area contributed by atoms with E-state index in [1.807, 2.05) is 6.20 Å². The average Bonchev–Trinajstić information content (AvgIpc) is 2.98. The minimum atomic E-state index is -3.14. The van der Waals surface area contributed by atoms with Crippen molar-refractivity contribution in [3.63, 3.8) is 0 Å². The lowest BCUT2D eigenvalue weighted by Gasteiger charge is -2.12. The Bertz CT molecular complexity index is 1040. The summed E-state index contributed by atoms with van der Waals surface area (Å²) in [6, 6.07) is 3.61. The summed E-state index contributed by atoms with van der Waals surface area (Å²) in [4.78, 5) is 23.7. The van der Waals surface area contributed by atoms with E-state index in [1.165, 1.54) is 6.92 Å². The van der Waals surface area contributed by atoms with Gasteiger partial charge >= 0.3 is 5.92 Å². The Hall–Kier alpha value is -2.90. The molecule has 0 aliphatic rings. The number of alkyl halides is 2. The van der Waals surface area contributed by atoms with Gasteiger partial charge in [0.15, 0.2) is 5.82 Å². The zero-order valence-corrected chi connectivity index (χ0v) is 16.5. The van der Waals surface area contributed by atoms with Crippen LogP contribution < -0.4 is 5.32 Å². The summed E-state index contributed by atoms with van der Waals surface area (Å²) in [6.07, 6.45) is 4.47. The number of rotatable bonds is 5. The Morgan fingerprint density at radius 2 is 2.04 bits per heavy atom. The van der Waals surface area contributed by atoms with Gasteiger partial charge in [-0.15, -0.1) is 0 Å². The predicted molar refractivity (Wildman–Crippen MR) is 104 cm³/mol. The number of amides is 1. The van der Waals surface area contributed by atoms with Crippen LogP contribution in [0.2, 0.25) is 0 Å². The van der Waals surface area contributed by atoms with E-state index in [0.717, 1.165) is 24.2 Å². The number of halogens is 2. The van der Waals surface area contributed by atoms with Crippen molar-refractivity contribution in [1.29, 1.82) is 0 Å². The quantitative estimate of drug-likeness (QED) is 0.680. The van der Waals surface area contributed by atoms with Crippen molar-refractivity contribution in [1.82, 2.24) is 19.5 Å². The topological polar surface area (TPSA) is 72.7 Å². The third-order valence-corrected chi connectivity index (χ3v) is 4.61. The lowest BCUT2D eigenvalue weighted by atomic mass is 10.1. The van der Waals surface area contributed by atoms with E-state index in [0.29, 0.717) is 22.8 Å². The second kappa shape index (κ2) is 7.26. The molecule has 1 atom stereocenters. The van der Waals surface area contributed by atoms with E-state index >= 15 is 0 Å². The summed E-state index contributed by atoms with van der Waals surface area (Å²) in [6.45, 7) is 7.99. The van der Waals surface area contributed by atoms with Crippen LogP contribution in [0.25, 0.3) is 22.2 Å². The number of hydrogen-bond acceptors (Lipinski definition) is 4. The van der Waals surface area contributed by atoms with Gasteiger partial charge < -0.3 is 9.88 Å². The molecule has 1 amide bonds. The molecule has 0 fully saturated rings. The van der Waals surface area contributed by atoms with Gasteiger partial charge in [-0.3, -0.25) is 4.79 Å². The number of nitrogens with one attached hydrogen (secondary N) is 1. The van der Waals surface area contributed by atoms with Crippen LogP contribution in [0.5, 0.6) is 0 Å². The van der Waals surface area contributed by atoms with Crippen molar-refractivity contribution in [2.75, 3.05) is 5.32 Å². The molecule has 0 radical (unpaired) electrons. The highest BCUT2D eigenvalue weighted by Gasteiger charge is 2.29. The Morgan fingerprint density at radius 1 is 1.32 bits per heavy atom. The minimum Gasteiger partial charge on any atom is -0.343 e. The van der Waals surface area contributed by atoms with Crippen molar-refractivity contribution in [2.24, 2.45) is 0 Å². The molecule has 0 aliphatic carbocycles. The molecule has 3 aromatic rings. The monoisotopic (exact) mass is 387 g/mol. The maximum atomic E-state index is 13.9. The van der Waals surface area contributed by atoms with Gasteiger partial charge in [-0.25, -0.2) is 15.0 Å². The molecule has 0 aromatic carbocycles. The van der Waals surface area contributed by atoms with E-state index in [-0.39, 0.29) is 11.9 Å². The smallest absolute Gasteiger partial charge is 0.303 e. The van der Waals surface area contributed by atoms with Crippen molar-refractivity contribution < 1.29 is 13.6 Å². The minimum absolute atomic E-state index is 0.180. The molecule has 3 heterocycles. The first-order chi connectivity index (χ1) is 13.1. The molecule has 148 valence electrons. The van der Waals surface area contributed by atoms with Crippen LogP contribution in [-0.2, 0) is 10.7 Å². The van der Waals surface area contributed by atoms with Crippen molar-refractivity contribution in [3.8, 4) is 11.3 Å². The molecule has 1 unspecified atom stereocenters. The van der Waals surface area contributed by atoms with Crippen LogP contribution in [0.1, 0.15) is 51.7 Å². The Balaban J connectivity index is 2.27. The molecule has 3 rings (SSSR count). The normalized spacial score (nSPS) is 13.0. The van der Waals surface area contributed by atoms with Gasteiger partial charge in [-0.1, -0.05) is 6.92 Å². The van der Waals surface area contributed by atoms with E-state index in [2.05, 4.69) is 38.7 Å². The Labute approximate surface area is 162 Å². The zero-order chi connectivity index (χ0) is 20.6. The second-order valence-corrected chi connectivity index (χ2v) is 7.08. The summed E-state index contributed by atoms with van der Waals surface area (Å²) in [5.41, 5.74) is 2.41. The molecule has 8 heteroatoms. The SMILES string of the molecule is CCC(C)n1cc(-c2cc(C)nc(C(C)(F)F)n2)c2cc(NC(C)=O)ncc21. The Kier molecular flexibility index (Phi) is 5.14. The molecule has 0 aliphatic heterocycles. The summed E-state index contributed by atoms with van der Waals surface area (Å²) in [7, 11) is 0. The third kappa shape index (κ3) is 3.85. The molecule has 28 heavy (non-hydrogen) atoms. The van der Waals surface area contributed by atoms with Gasteiger partial charge in [0.05, 0.1) is 17.4 Å². The molecule has 0 bridgehead atoms. The lowest BCUT2D eigenvalue weighted by molar-refractivity contribution is -0.114. The van der Waals surface area contributed by atoms with Gasteiger partial charge in [-0.2, -0.15) is 8.78 Å². The van der Waals surface area contributed by atoms with E-state index in [1.54, 1.807) is 25.3 Å². The molecular weight excluding hydrogens is 364 g/mol. The van der Waals surface area contributed by atoms with E-state index < -0.39 is 11.7 Å². The van der Waals surface area contributed by atoms with Crippen molar-refractivity contribution in [2.45, 2.75) is 53.0 Å². The fraction of sp³-hybridized carbons (Fsp3) is 0.400. The molecular formula is C20H23F2N5O. The van der Waals surface area contributed by atoms with Crippen molar-refractivity contribution in [3.05, 3.63) is 36.0 Å². The average molecular weight is 387 g/mol. The van der Waals surface area contributed by atoms with Gasteiger partial charge in [0.25, 0.3) is 0 Å². The highest BCUT2D eigenvalue weighted by atomic mass is 19.3. The largest absolute Gasteiger partial charge is 0.343 e. The maximum Gasteiger partial charge on any atom is 0.303 e. The number of aromatic nitrogens is 4. The number of aryl methyl sites for hydroxylation is 1. The maximum absolute atomic E-state index is 13.9. The first-order valence-electron chi connectivity index (χ1n) is 9.12. The molecule has 3 aromatic heterocycles. The summed E-state index contributed by atoms with van der Waals surface area (Å²) in [5, 5.41) is 3.44. The second-order valence-electron chi connectivity index (χ2n) is 7.08.